The molecule has 1 amide bonds. The summed E-state index contributed by atoms with van der Waals surface area (Å²) in [7, 11) is 3.13. The molecule has 0 aliphatic carbocycles. The van der Waals surface area contributed by atoms with E-state index in [0.29, 0.717) is 22.7 Å². The highest BCUT2D eigenvalue weighted by atomic mass is 16.5. The van der Waals surface area contributed by atoms with Crippen LogP contribution in [0.15, 0.2) is 47.6 Å². The number of hydrogen-bond acceptors (Lipinski definition) is 5. The maximum absolute atomic E-state index is 11.9. The Bertz CT molecular complexity index is 699. The predicted molar refractivity (Wildman–Crippen MR) is 85.5 cm³/mol. The van der Waals surface area contributed by atoms with E-state index in [0.717, 1.165) is 5.56 Å². The monoisotopic (exact) mass is 299 g/mol. The molecule has 0 fully saturated rings. The molecule has 6 nitrogen and oxygen atoms in total. The van der Waals surface area contributed by atoms with Gasteiger partial charge in [-0.3, -0.25) is 4.79 Å². The summed E-state index contributed by atoms with van der Waals surface area (Å²) in [4.78, 5) is 11.9. The lowest BCUT2D eigenvalue weighted by Crippen LogP contribution is -2.17. The zero-order valence-corrected chi connectivity index (χ0v) is 12.4. The maximum atomic E-state index is 11.9. The lowest BCUT2D eigenvalue weighted by molar-refractivity contribution is 0.0955. The van der Waals surface area contributed by atoms with Crippen molar-refractivity contribution >= 4 is 17.8 Å². The van der Waals surface area contributed by atoms with Gasteiger partial charge < -0.3 is 15.2 Å². The number of hydrazone groups is 1. The van der Waals surface area contributed by atoms with Crippen LogP contribution < -0.4 is 20.6 Å². The summed E-state index contributed by atoms with van der Waals surface area (Å²) in [5, 5.41) is 3.93. The van der Waals surface area contributed by atoms with Gasteiger partial charge in [-0.05, 0) is 30.3 Å². The minimum atomic E-state index is -0.337. The fourth-order valence-corrected chi connectivity index (χ4v) is 1.83. The average Bonchev–Trinajstić information content (AvgIpc) is 2.54. The molecule has 0 saturated carbocycles. The first kappa shape index (κ1) is 15.4. The van der Waals surface area contributed by atoms with Crippen molar-refractivity contribution in [3.63, 3.8) is 0 Å². The van der Waals surface area contributed by atoms with Crippen LogP contribution in [0.1, 0.15) is 15.9 Å². The number of methoxy groups -OCH3 is 2. The van der Waals surface area contributed by atoms with Crippen molar-refractivity contribution < 1.29 is 14.3 Å². The Kier molecular flexibility index (Phi) is 4.98. The fraction of sp³-hybridized carbons (Fsp3) is 0.125. The van der Waals surface area contributed by atoms with Gasteiger partial charge in [-0.15, -0.1) is 0 Å². The van der Waals surface area contributed by atoms with Gasteiger partial charge in [0, 0.05) is 22.9 Å². The third kappa shape index (κ3) is 3.76. The van der Waals surface area contributed by atoms with Crippen LogP contribution in [-0.2, 0) is 0 Å². The Labute approximate surface area is 128 Å². The van der Waals surface area contributed by atoms with E-state index in [1.807, 2.05) is 0 Å². The van der Waals surface area contributed by atoms with Gasteiger partial charge in [0.1, 0.15) is 11.5 Å². The second-order valence-corrected chi connectivity index (χ2v) is 4.43. The van der Waals surface area contributed by atoms with Gasteiger partial charge in [0.2, 0.25) is 0 Å². The van der Waals surface area contributed by atoms with E-state index >= 15 is 0 Å². The molecule has 0 spiro atoms. The Balaban J connectivity index is 2.08. The number of ether oxygens (including phenoxy) is 2. The van der Waals surface area contributed by atoms with E-state index < -0.39 is 0 Å². The van der Waals surface area contributed by atoms with E-state index in [2.05, 4.69) is 10.5 Å². The number of amides is 1. The van der Waals surface area contributed by atoms with Gasteiger partial charge in [0.15, 0.2) is 0 Å². The van der Waals surface area contributed by atoms with E-state index in [4.69, 9.17) is 15.2 Å². The van der Waals surface area contributed by atoms with Crippen molar-refractivity contribution in [2.24, 2.45) is 5.10 Å². The number of nitrogens with one attached hydrogen (secondary N) is 1. The molecule has 3 N–H and O–H groups in total. The molecule has 0 radical (unpaired) electrons. The minimum Gasteiger partial charge on any atom is -0.497 e. The summed E-state index contributed by atoms with van der Waals surface area (Å²) in [5.74, 6) is 0.940. The maximum Gasteiger partial charge on any atom is 0.271 e. The van der Waals surface area contributed by atoms with Crippen LogP contribution in [0.25, 0.3) is 0 Å². The van der Waals surface area contributed by atoms with Crippen LogP contribution in [0.4, 0.5) is 5.69 Å². The molecule has 22 heavy (non-hydrogen) atoms. The zero-order valence-electron chi connectivity index (χ0n) is 12.4. The van der Waals surface area contributed by atoms with Crippen molar-refractivity contribution in [1.29, 1.82) is 0 Å². The summed E-state index contributed by atoms with van der Waals surface area (Å²) in [6.45, 7) is 0. The molecule has 2 rings (SSSR count). The first-order valence-corrected chi connectivity index (χ1v) is 6.55. The number of rotatable bonds is 5. The van der Waals surface area contributed by atoms with Gasteiger partial charge in [0.05, 0.1) is 20.4 Å². The Morgan fingerprint density at radius 1 is 1.18 bits per heavy atom. The molecule has 0 unspecified atom stereocenters. The molecule has 0 saturated heterocycles. The molecular weight excluding hydrogens is 282 g/mol. The molecule has 114 valence electrons. The molecule has 0 atom stereocenters. The van der Waals surface area contributed by atoms with Crippen molar-refractivity contribution in [2.45, 2.75) is 0 Å². The number of carbonyl (C=O) groups excluding carboxylic acids is 1. The highest BCUT2D eigenvalue weighted by Gasteiger charge is 2.05. The van der Waals surface area contributed by atoms with Crippen LogP contribution in [-0.4, -0.2) is 26.3 Å². The predicted octanol–water partition coefficient (Wildman–Crippen LogP) is 2.05. The van der Waals surface area contributed by atoms with Gasteiger partial charge in [-0.1, -0.05) is 6.07 Å². The van der Waals surface area contributed by atoms with Crippen LogP contribution >= 0.6 is 0 Å². The van der Waals surface area contributed by atoms with Gasteiger partial charge in [0.25, 0.3) is 5.91 Å². The van der Waals surface area contributed by atoms with Gasteiger partial charge in [-0.2, -0.15) is 5.10 Å². The minimum absolute atomic E-state index is 0.337. The Morgan fingerprint density at radius 2 is 2.00 bits per heavy atom. The molecule has 2 aromatic rings. The second kappa shape index (κ2) is 7.12. The normalized spacial score (nSPS) is 10.5. The lowest BCUT2D eigenvalue weighted by Gasteiger charge is -2.07. The molecule has 0 aromatic heterocycles. The molecule has 0 heterocycles. The first-order valence-electron chi connectivity index (χ1n) is 6.55. The molecule has 6 heteroatoms. The number of nitrogens with two attached hydrogens (primary N) is 1. The zero-order chi connectivity index (χ0) is 15.9. The molecule has 0 bridgehead atoms. The van der Waals surface area contributed by atoms with Crippen LogP contribution in [0.3, 0.4) is 0 Å². The van der Waals surface area contributed by atoms with Crippen molar-refractivity contribution in [2.75, 3.05) is 20.0 Å². The number of nitrogens with zero attached hydrogens (tertiary/aromatic N) is 1. The first-order chi connectivity index (χ1) is 10.6. The van der Waals surface area contributed by atoms with Crippen LogP contribution in [0, 0.1) is 0 Å². The summed E-state index contributed by atoms with van der Waals surface area (Å²) in [5.41, 5.74) is 9.76. The van der Waals surface area contributed by atoms with E-state index in [1.54, 1.807) is 56.7 Å². The van der Waals surface area contributed by atoms with Crippen molar-refractivity contribution in [3.05, 3.63) is 53.6 Å². The van der Waals surface area contributed by atoms with Crippen molar-refractivity contribution in [1.82, 2.24) is 5.43 Å². The SMILES string of the molecule is COc1ccc(/C=N\NC(=O)c2cccc(N)c2)c(OC)c1. The smallest absolute Gasteiger partial charge is 0.271 e. The topological polar surface area (TPSA) is 85.9 Å². The largest absolute Gasteiger partial charge is 0.497 e. The number of benzene rings is 2. The van der Waals surface area contributed by atoms with Gasteiger partial charge in [-0.25, -0.2) is 5.43 Å². The third-order valence-corrected chi connectivity index (χ3v) is 2.96. The quantitative estimate of drug-likeness (QED) is 0.502. The molecule has 0 aliphatic rings. The number of hydrogen-bond donors (Lipinski definition) is 2. The second-order valence-electron chi connectivity index (χ2n) is 4.43. The molecule has 0 aliphatic heterocycles. The van der Waals surface area contributed by atoms with Gasteiger partial charge >= 0.3 is 0 Å². The Hall–Kier alpha value is -3.02. The summed E-state index contributed by atoms with van der Waals surface area (Å²) in [6.07, 6.45) is 1.50. The van der Waals surface area contributed by atoms with E-state index in [9.17, 15) is 4.79 Å². The average molecular weight is 299 g/mol. The fourth-order valence-electron chi connectivity index (χ4n) is 1.83. The highest BCUT2D eigenvalue weighted by molar-refractivity contribution is 5.95. The Morgan fingerprint density at radius 3 is 2.68 bits per heavy atom. The lowest BCUT2D eigenvalue weighted by atomic mass is 10.2. The summed E-state index contributed by atoms with van der Waals surface area (Å²) in [6, 6.07) is 12.0. The summed E-state index contributed by atoms with van der Waals surface area (Å²) < 4.78 is 10.4. The number of carbonyl (C=O) groups is 1. The van der Waals surface area contributed by atoms with Crippen LogP contribution in [0.5, 0.6) is 11.5 Å². The highest BCUT2D eigenvalue weighted by Crippen LogP contribution is 2.22. The van der Waals surface area contributed by atoms with E-state index in [-0.39, 0.29) is 5.91 Å². The van der Waals surface area contributed by atoms with Crippen LogP contribution in [0.2, 0.25) is 0 Å². The molecular formula is C16H17N3O3. The summed E-state index contributed by atoms with van der Waals surface area (Å²) >= 11 is 0. The van der Waals surface area contributed by atoms with Crippen molar-refractivity contribution in [3.8, 4) is 11.5 Å². The van der Waals surface area contributed by atoms with E-state index in [1.165, 1.54) is 6.21 Å². The number of nitrogen functional groups attached to an aromatic ring is 1. The number of anilines is 1. The third-order valence-electron chi connectivity index (χ3n) is 2.96. The standard InChI is InChI=1S/C16H17N3O3/c1-21-14-7-6-12(15(9-14)22-2)10-18-19-16(20)11-4-3-5-13(17)8-11/h3-10H,17H2,1-2H3,(H,19,20)/b18-10-. The molecule has 2 aromatic carbocycles.